The molecule has 186 valence electrons. The van der Waals surface area contributed by atoms with Crippen LogP contribution in [0.4, 0.5) is 5.69 Å². The third-order valence-electron chi connectivity index (χ3n) is 6.38. The zero-order chi connectivity index (χ0) is 26.1. The van der Waals surface area contributed by atoms with Gasteiger partial charge in [0.2, 0.25) is 0 Å². The number of anilines is 1. The van der Waals surface area contributed by atoms with Crippen LogP contribution in [-0.2, 0) is 16.2 Å². The Labute approximate surface area is 224 Å². The number of hydrogen-bond donors (Lipinski definition) is 1. The van der Waals surface area contributed by atoms with Crippen LogP contribution in [0.2, 0.25) is 5.02 Å². The Morgan fingerprint density at radius 2 is 1.70 bits per heavy atom. The highest BCUT2D eigenvalue weighted by Crippen LogP contribution is 2.45. The number of carbonyl (C=O) groups excluding carboxylic acids is 2. The van der Waals surface area contributed by atoms with E-state index in [4.69, 9.17) is 16.3 Å². The fourth-order valence-electron chi connectivity index (χ4n) is 4.46. The Balaban J connectivity index is 1.55. The maximum absolute atomic E-state index is 13.3. The van der Waals surface area contributed by atoms with Gasteiger partial charge in [-0.25, -0.2) is 0 Å². The summed E-state index contributed by atoms with van der Waals surface area (Å²) in [6.45, 7) is 4.22. The van der Waals surface area contributed by atoms with Gasteiger partial charge in [-0.1, -0.05) is 41.9 Å². The number of hydrogen-bond acceptors (Lipinski definition) is 5. The summed E-state index contributed by atoms with van der Waals surface area (Å²) in [5.74, 6) is -0.966. The molecule has 1 aromatic heterocycles. The lowest BCUT2D eigenvalue weighted by Gasteiger charge is -2.25. The molecule has 1 saturated heterocycles. The van der Waals surface area contributed by atoms with Gasteiger partial charge in [-0.15, -0.1) is 11.3 Å². The van der Waals surface area contributed by atoms with E-state index in [0.29, 0.717) is 28.6 Å². The summed E-state index contributed by atoms with van der Waals surface area (Å²) in [6.07, 6.45) is 0. The van der Waals surface area contributed by atoms with E-state index in [-0.39, 0.29) is 11.3 Å². The highest BCUT2D eigenvalue weighted by Gasteiger charge is 2.47. The van der Waals surface area contributed by atoms with Crippen molar-refractivity contribution in [3.63, 3.8) is 0 Å². The van der Waals surface area contributed by atoms with Crippen LogP contribution in [0.5, 0.6) is 5.75 Å². The smallest absolute Gasteiger partial charge is 0.300 e. The second kappa shape index (κ2) is 10.2. The first kappa shape index (κ1) is 24.8. The van der Waals surface area contributed by atoms with E-state index in [1.807, 2.05) is 55.6 Å². The van der Waals surface area contributed by atoms with Crippen molar-refractivity contribution in [2.45, 2.75) is 26.5 Å². The highest BCUT2D eigenvalue weighted by molar-refractivity contribution is 7.10. The number of aryl methyl sites for hydroxylation is 2. The number of amides is 1. The molecule has 1 N–H and O–H groups in total. The number of benzene rings is 3. The van der Waals surface area contributed by atoms with Crippen molar-refractivity contribution in [2.75, 3.05) is 4.90 Å². The fourth-order valence-corrected chi connectivity index (χ4v) is 5.61. The number of carbonyl (C=O) groups is 2. The third kappa shape index (κ3) is 4.78. The van der Waals surface area contributed by atoms with Gasteiger partial charge in [0, 0.05) is 21.2 Å². The lowest BCUT2D eigenvalue weighted by Crippen LogP contribution is -2.29. The lowest BCUT2D eigenvalue weighted by molar-refractivity contribution is -0.132. The van der Waals surface area contributed by atoms with E-state index >= 15 is 0 Å². The van der Waals surface area contributed by atoms with Crippen LogP contribution < -0.4 is 9.64 Å². The summed E-state index contributed by atoms with van der Waals surface area (Å²) >= 11 is 7.50. The first-order valence-corrected chi connectivity index (χ1v) is 13.0. The molecule has 0 spiro atoms. The number of thiophene rings is 1. The third-order valence-corrected chi connectivity index (χ3v) is 7.71. The van der Waals surface area contributed by atoms with Crippen molar-refractivity contribution in [3.8, 4) is 5.75 Å². The summed E-state index contributed by atoms with van der Waals surface area (Å²) in [4.78, 5) is 28.9. The molecule has 0 radical (unpaired) electrons. The standard InChI is InChI=1S/C30H24ClNO4S/c1-18-14-15-37-29(18)26-25(28(34)30(35)32(26)23-11-9-22(31)10-12-23)27(33)21-8-13-24(19(2)16-21)36-17-20-6-4-3-5-7-20/h3-16,26,33H,17H2,1-2H3/b27-25-. The molecular weight excluding hydrogens is 506 g/mol. The first-order chi connectivity index (χ1) is 17.8. The van der Waals surface area contributed by atoms with E-state index < -0.39 is 17.7 Å². The minimum atomic E-state index is -0.754. The van der Waals surface area contributed by atoms with Crippen molar-refractivity contribution in [1.29, 1.82) is 0 Å². The molecule has 1 aliphatic heterocycles. The van der Waals surface area contributed by atoms with Gasteiger partial charge in [0.1, 0.15) is 24.2 Å². The fraction of sp³-hybridized carbons (Fsp3) is 0.133. The van der Waals surface area contributed by atoms with Crippen LogP contribution in [0.1, 0.15) is 33.2 Å². The number of aliphatic hydroxyl groups excluding tert-OH is 1. The van der Waals surface area contributed by atoms with Crippen LogP contribution >= 0.6 is 22.9 Å². The zero-order valence-corrected chi connectivity index (χ0v) is 21.8. The molecule has 0 bridgehead atoms. The molecule has 1 amide bonds. The molecule has 0 aliphatic carbocycles. The first-order valence-electron chi connectivity index (χ1n) is 11.7. The molecule has 5 rings (SSSR count). The quantitative estimate of drug-likeness (QED) is 0.163. The summed E-state index contributed by atoms with van der Waals surface area (Å²) < 4.78 is 5.97. The molecule has 1 aliphatic rings. The Bertz CT molecular complexity index is 1510. The van der Waals surface area contributed by atoms with Gasteiger partial charge < -0.3 is 9.84 Å². The second-order valence-electron chi connectivity index (χ2n) is 8.87. The van der Waals surface area contributed by atoms with Crippen LogP contribution in [0.15, 0.2) is 89.8 Å². The average Bonchev–Trinajstić information content (AvgIpc) is 3.44. The Hall–Kier alpha value is -3.87. The molecule has 4 aromatic rings. The monoisotopic (exact) mass is 529 g/mol. The van der Waals surface area contributed by atoms with E-state index in [1.54, 1.807) is 42.5 Å². The molecule has 1 fully saturated rings. The Morgan fingerprint density at radius 3 is 2.35 bits per heavy atom. The molecule has 7 heteroatoms. The van der Waals surface area contributed by atoms with Crippen molar-refractivity contribution in [3.05, 3.63) is 122 Å². The van der Waals surface area contributed by atoms with Gasteiger partial charge in [-0.2, -0.15) is 0 Å². The van der Waals surface area contributed by atoms with E-state index in [0.717, 1.165) is 21.6 Å². The summed E-state index contributed by atoms with van der Waals surface area (Å²) in [5.41, 5.74) is 3.81. The van der Waals surface area contributed by atoms with E-state index in [1.165, 1.54) is 16.2 Å². The minimum absolute atomic E-state index is 0.0582. The van der Waals surface area contributed by atoms with Gasteiger partial charge in [0.15, 0.2) is 0 Å². The number of Topliss-reactive ketones (excluding diaryl/α,β-unsaturated/α-hetero) is 1. The number of aliphatic hydroxyl groups is 1. The van der Waals surface area contributed by atoms with E-state index in [2.05, 4.69) is 0 Å². The number of nitrogens with zero attached hydrogens (tertiary/aromatic N) is 1. The minimum Gasteiger partial charge on any atom is -0.507 e. The SMILES string of the molecule is Cc1cc(/C(O)=C2/C(=O)C(=O)N(c3ccc(Cl)cc3)C2c2sccc2C)ccc1OCc1ccccc1. The summed E-state index contributed by atoms with van der Waals surface area (Å²) in [7, 11) is 0. The average molecular weight is 530 g/mol. The predicted molar refractivity (Wildman–Crippen MR) is 147 cm³/mol. The van der Waals surface area contributed by atoms with Crippen molar-refractivity contribution in [2.24, 2.45) is 0 Å². The second-order valence-corrected chi connectivity index (χ2v) is 10.3. The number of ether oxygens (including phenoxy) is 1. The molecule has 0 saturated carbocycles. The van der Waals surface area contributed by atoms with Crippen molar-refractivity contribution in [1.82, 2.24) is 0 Å². The van der Waals surface area contributed by atoms with Crippen molar-refractivity contribution < 1.29 is 19.4 Å². The van der Waals surface area contributed by atoms with Crippen LogP contribution in [-0.4, -0.2) is 16.8 Å². The summed E-state index contributed by atoms with van der Waals surface area (Å²) in [5, 5.41) is 13.9. The molecule has 1 unspecified atom stereocenters. The van der Waals surface area contributed by atoms with Crippen LogP contribution in [0.25, 0.3) is 5.76 Å². The van der Waals surface area contributed by atoms with Crippen LogP contribution in [0, 0.1) is 13.8 Å². The molecule has 1 atom stereocenters. The van der Waals surface area contributed by atoms with Gasteiger partial charge in [-0.3, -0.25) is 14.5 Å². The predicted octanol–water partition coefficient (Wildman–Crippen LogP) is 7.22. The normalized spacial score (nSPS) is 16.8. The van der Waals surface area contributed by atoms with E-state index in [9.17, 15) is 14.7 Å². The Morgan fingerprint density at radius 1 is 0.973 bits per heavy atom. The topological polar surface area (TPSA) is 66.8 Å². The number of halogens is 1. The van der Waals surface area contributed by atoms with Gasteiger partial charge in [0.25, 0.3) is 11.7 Å². The van der Waals surface area contributed by atoms with Gasteiger partial charge in [0.05, 0.1) is 5.57 Å². The number of ketones is 1. The largest absolute Gasteiger partial charge is 0.507 e. The molecule has 5 nitrogen and oxygen atoms in total. The molecule has 2 heterocycles. The number of rotatable bonds is 6. The highest BCUT2D eigenvalue weighted by atomic mass is 35.5. The molecule has 3 aromatic carbocycles. The zero-order valence-electron chi connectivity index (χ0n) is 20.3. The van der Waals surface area contributed by atoms with Crippen LogP contribution in [0.3, 0.4) is 0 Å². The van der Waals surface area contributed by atoms with Crippen molar-refractivity contribution >= 4 is 46.1 Å². The van der Waals surface area contributed by atoms with Gasteiger partial charge in [-0.05, 0) is 84.4 Å². The molecular formula is C30H24ClNO4S. The molecule has 37 heavy (non-hydrogen) atoms. The Kier molecular flexibility index (Phi) is 6.87. The lowest BCUT2D eigenvalue weighted by atomic mass is 9.97. The maximum atomic E-state index is 13.3. The van der Waals surface area contributed by atoms with Gasteiger partial charge >= 0.3 is 0 Å². The summed E-state index contributed by atoms with van der Waals surface area (Å²) in [6, 6.07) is 23.0. The maximum Gasteiger partial charge on any atom is 0.300 e.